The molecule has 15 heavy (non-hydrogen) atoms. The summed E-state index contributed by atoms with van der Waals surface area (Å²) in [5, 5.41) is 3.52. The fourth-order valence-electron chi connectivity index (χ4n) is 2.10. The van der Waals surface area contributed by atoms with Gasteiger partial charge in [-0.2, -0.15) is 0 Å². The molecule has 0 saturated heterocycles. The smallest absolute Gasteiger partial charge is 0.108 e. The third-order valence-electron chi connectivity index (χ3n) is 2.99. The molecule has 0 aliphatic carbocycles. The van der Waals surface area contributed by atoms with Crippen LogP contribution in [0.5, 0.6) is 0 Å². The van der Waals surface area contributed by atoms with Crippen LogP contribution in [0.1, 0.15) is 46.0 Å². The highest BCUT2D eigenvalue weighted by atomic mass is 15.1. The second kappa shape index (κ2) is 5.91. The van der Waals surface area contributed by atoms with Gasteiger partial charge in [-0.15, -0.1) is 0 Å². The largest absolute Gasteiger partial charge is 0.331 e. The molecule has 86 valence electrons. The van der Waals surface area contributed by atoms with Gasteiger partial charge >= 0.3 is 0 Å². The lowest BCUT2D eigenvalue weighted by molar-refractivity contribution is 0.360. The molecular weight excluding hydrogens is 186 g/mol. The van der Waals surface area contributed by atoms with Crippen LogP contribution >= 0.6 is 0 Å². The van der Waals surface area contributed by atoms with Gasteiger partial charge < -0.3 is 9.88 Å². The molecule has 1 rings (SSSR count). The fraction of sp³-hybridized carbons (Fsp3) is 0.750. The number of hydrogen-bond acceptors (Lipinski definition) is 2. The molecule has 1 heterocycles. The number of aromatic nitrogens is 2. The van der Waals surface area contributed by atoms with E-state index in [1.807, 2.05) is 6.20 Å². The van der Waals surface area contributed by atoms with Gasteiger partial charge in [0.05, 0.1) is 0 Å². The van der Waals surface area contributed by atoms with E-state index in [2.05, 4.69) is 48.8 Å². The molecule has 1 aromatic heterocycles. The minimum atomic E-state index is 0.479. The van der Waals surface area contributed by atoms with Crippen molar-refractivity contribution in [2.75, 3.05) is 6.54 Å². The first-order chi connectivity index (χ1) is 7.24. The quantitative estimate of drug-likeness (QED) is 0.779. The zero-order valence-corrected chi connectivity index (χ0v) is 10.3. The van der Waals surface area contributed by atoms with E-state index >= 15 is 0 Å². The first-order valence-electron chi connectivity index (χ1n) is 5.99. The van der Waals surface area contributed by atoms with E-state index in [1.165, 1.54) is 5.82 Å². The lowest BCUT2D eigenvalue weighted by atomic mass is 10.1. The Balaban J connectivity index is 2.77. The predicted molar refractivity (Wildman–Crippen MR) is 64.1 cm³/mol. The maximum absolute atomic E-state index is 4.37. The Labute approximate surface area is 92.9 Å². The minimum Gasteiger partial charge on any atom is -0.331 e. The summed E-state index contributed by atoms with van der Waals surface area (Å²) >= 11 is 0. The van der Waals surface area contributed by atoms with E-state index in [0.717, 1.165) is 19.4 Å². The van der Waals surface area contributed by atoms with Crippen LogP contribution in [-0.2, 0) is 6.42 Å². The number of nitrogens with one attached hydrogen (secondary N) is 1. The van der Waals surface area contributed by atoms with Gasteiger partial charge in [-0.05, 0) is 19.9 Å². The van der Waals surface area contributed by atoms with Crippen LogP contribution < -0.4 is 5.32 Å². The summed E-state index contributed by atoms with van der Waals surface area (Å²) in [7, 11) is 0. The standard InChI is InChI=1S/C12H23N3/c1-5-11(13-7-3)10(4)15-9-8-14-12(15)6-2/h8-11,13H,5-7H2,1-4H3. The van der Waals surface area contributed by atoms with Crippen molar-refractivity contribution in [2.24, 2.45) is 0 Å². The fourth-order valence-corrected chi connectivity index (χ4v) is 2.10. The number of likely N-dealkylation sites (N-methyl/N-ethyl adjacent to an activating group) is 1. The third kappa shape index (κ3) is 2.81. The molecule has 0 spiro atoms. The Kier molecular flexibility index (Phi) is 4.82. The Morgan fingerprint density at radius 3 is 2.67 bits per heavy atom. The van der Waals surface area contributed by atoms with Crippen molar-refractivity contribution in [3.63, 3.8) is 0 Å². The summed E-state index contributed by atoms with van der Waals surface area (Å²) in [6, 6.07) is 1.02. The number of imidazole rings is 1. The summed E-state index contributed by atoms with van der Waals surface area (Å²) in [4.78, 5) is 4.37. The van der Waals surface area contributed by atoms with Crippen LogP contribution in [0.25, 0.3) is 0 Å². The molecule has 1 N–H and O–H groups in total. The van der Waals surface area contributed by atoms with Crippen LogP contribution in [0.15, 0.2) is 12.4 Å². The van der Waals surface area contributed by atoms with Gasteiger partial charge in [0.1, 0.15) is 5.82 Å². The van der Waals surface area contributed by atoms with Crippen molar-refractivity contribution in [3.05, 3.63) is 18.2 Å². The summed E-state index contributed by atoms with van der Waals surface area (Å²) in [6.07, 6.45) is 6.13. The lowest BCUT2D eigenvalue weighted by Gasteiger charge is -2.26. The van der Waals surface area contributed by atoms with Gasteiger partial charge in [0, 0.05) is 30.9 Å². The van der Waals surface area contributed by atoms with Crippen molar-refractivity contribution in [1.29, 1.82) is 0 Å². The number of nitrogens with zero attached hydrogens (tertiary/aromatic N) is 2. The van der Waals surface area contributed by atoms with Gasteiger partial charge in [-0.25, -0.2) is 4.98 Å². The molecule has 0 saturated carbocycles. The first kappa shape index (κ1) is 12.2. The van der Waals surface area contributed by atoms with E-state index in [9.17, 15) is 0 Å². The number of aryl methyl sites for hydroxylation is 1. The first-order valence-corrected chi connectivity index (χ1v) is 5.99. The lowest BCUT2D eigenvalue weighted by Crippen LogP contribution is -2.36. The average molecular weight is 209 g/mol. The maximum atomic E-state index is 4.37. The third-order valence-corrected chi connectivity index (χ3v) is 2.99. The van der Waals surface area contributed by atoms with Crippen LogP contribution in [0.3, 0.4) is 0 Å². The van der Waals surface area contributed by atoms with E-state index in [1.54, 1.807) is 0 Å². The zero-order valence-electron chi connectivity index (χ0n) is 10.3. The maximum Gasteiger partial charge on any atom is 0.108 e. The number of hydrogen-bond donors (Lipinski definition) is 1. The molecule has 0 fully saturated rings. The molecule has 3 heteroatoms. The Morgan fingerprint density at radius 2 is 2.13 bits per heavy atom. The van der Waals surface area contributed by atoms with Crippen molar-refractivity contribution in [1.82, 2.24) is 14.9 Å². The molecule has 0 amide bonds. The Morgan fingerprint density at radius 1 is 1.40 bits per heavy atom. The second-order valence-corrected chi connectivity index (χ2v) is 3.92. The summed E-state index contributed by atoms with van der Waals surface area (Å²) in [5.74, 6) is 1.18. The monoisotopic (exact) mass is 209 g/mol. The van der Waals surface area contributed by atoms with E-state index in [-0.39, 0.29) is 0 Å². The molecule has 0 radical (unpaired) electrons. The van der Waals surface area contributed by atoms with Crippen LogP contribution in [0, 0.1) is 0 Å². The molecule has 2 atom stereocenters. The van der Waals surface area contributed by atoms with Crippen LogP contribution in [0.2, 0.25) is 0 Å². The summed E-state index contributed by atoms with van der Waals surface area (Å²) in [6.45, 7) is 9.83. The number of rotatable bonds is 6. The zero-order chi connectivity index (χ0) is 11.3. The highest BCUT2D eigenvalue weighted by Gasteiger charge is 2.17. The van der Waals surface area contributed by atoms with Gasteiger partial charge in [-0.1, -0.05) is 20.8 Å². The van der Waals surface area contributed by atoms with Crippen LogP contribution in [-0.4, -0.2) is 22.1 Å². The topological polar surface area (TPSA) is 29.9 Å². The van der Waals surface area contributed by atoms with Gasteiger partial charge in [0.25, 0.3) is 0 Å². The average Bonchev–Trinajstić information content (AvgIpc) is 2.72. The highest BCUT2D eigenvalue weighted by Crippen LogP contribution is 2.16. The van der Waals surface area contributed by atoms with E-state index < -0.39 is 0 Å². The van der Waals surface area contributed by atoms with Crippen molar-refractivity contribution >= 4 is 0 Å². The summed E-state index contributed by atoms with van der Waals surface area (Å²) in [5.41, 5.74) is 0. The van der Waals surface area contributed by atoms with Gasteiger partial charge in [0.2, 0.25) is 0 Å². The van der Waals surface area contributed by atoms with E-state index in [4.69, 9.17) is 0 Å². The van der Waals surface area contributed by atoms with Crippen LogP contribution in [0.4, 0.5) is 0 Å². The Hall–Kier alpha value is -0.830. The predicted octanol–water partition coefficient (Wildman–Crippen LogP) is 2.39. The second-order valence-electron chi connectivity index (χ2n) is 3.92. The molecule has 3 nitrogen and oxygen atoms in total. The van der Waals surface area contributed by atoms with Gasteiger partial charge in [0.15, 0.2) is 0 Å². The molecular formula is C12H23N3. The Bertz CT molecular complexity index is 280. The summed E-state index contributed by atoms with van der Waals surface area (Å²) < 4.78 is 2.29. The molecule has 0 aliphatic rings. The molecule has 0 aliphatic heterocycles. The molecule has 0 aromatic carbocycles. The van der Waals surface area contributed by atoms with E-state index in [0.29, 0.717) is 12.1 Å². The van der Waals surface area contributed by atoms with Crippen molar-refractivity contribution in [3.8, 4) is 0 Å². The SMILES string of the molecule is CCNC(CC)C(C)n1ccnc1CC. The normalized spacial score (nSPS) is 15.2. The van der Waals surface area contributed by atoms with Crippen molar-refractivity contribution < 1.29 is 0 Å². The van der Waals surface area contributed by atoms with Crippen molar-refractivity contribution in [2.45, 2.75) is 52.6 Å². The minimum absolute atomic E-state index is 0.479. The molecule has 2 unspecified atom stereocenters. The molecule has 1 aromatic rings. The molecule has 0 bridgehead atoms. The highest BCUT2D eigenvalue weighted by molar-refractivity contribution is 4.96. The van der Waals surface area contributed by atoms with Gasteiger partial charge in [-0.3, -0.25) is 0 Å².